The molecule has 3 saturated heterocycles. The maximum atomic E-state index is 13.0. The fourth-order valence-electron chi connectivity index (χ4n) is 5.08. The van der Waals surface area contributed by atoms with Crippen molar-refractivity contribution < 1.29 is 18.7 Å². The summed E-state index contributed by atoms with van der Waals surface area (Å²) >= 11 is 1.23. The third kappa shape index (κ3) is 2.64. The first-order chi connectivity index (χ1) is 13.5. The van der Waals surface area contributed by atoms with Gasteiger partial charge in [-0.15, -0.1) is 0 Å². The van der Waals surface area contributed by atoms with E-state index in [9.17, 15) is 9.59 Å². The number of nitrogens with one attached hydrogen (secondary N) is 1. The Morgan fingerprint density at radius 1 is 1.50 bits per heavy atom. The molecule has 5 heterocycles. The van der Waals surface area contributed by atoms with Gasteiger partial charge in [0, 0.05) is 24.9 Å². The van der Waals surface area contributed by atoms with Gasteiger partial charge in [-0.25, -0.2) is 4.98 Å². The van der Waals surface area contributed by atoms with Gasteiger partial charge in [-0.2, -0.15) is 0 Å². The lowest BCUT2D eigenvalue weighted by molar-refractivity contribution is 0.00320. The quantitative estimate of drug-likeness (QED) is 0.805. The Morgan fingerprint density at radius 2 is 2.36 bits per heavy atom. The van der Waals surface area contributed by atoms with E-state index in [1.165, 1.54) is 17.6 Å². The molecule has 3 aliphatic rings. The molecule has 2 aromatic heterocycles. The van der Waals surface area contributed by atoms with Gasteiger partial charge in [0.2, 0.25) is 0 Å². The van der Waals surface area contributed by atoms with Crippen LogP contribution in [0.1, 0.15) is 38.8 Å². The highest BCUT2D eigenvalue weighted by molar-refractivity contribution is 7.17. The zero-order valence-corrected chi connectivity index (χ0v) is 16.3. The summed E-state index contributed by atoms with van der Waals surface area (Å²) in [4.78, 5) is 31.9. The molecule has 3 N–H and O–H groups in total. The lowest BCUT2D eigenvalue weighted by atomic mass is 9.73. The van der Waals surface area contributed by atoms with E-state index < -0.39 is 0 Å². The molecule has 3 fully saturated rings. The average Bonchev–Trinajstić information content (AvgIpc) is 3.45. The SMILES string of the molecule is Cc1nc(N)sc1C(=O)N1C[C@@H]2[C@H](CNC(=O)c3ccco3)[C@H]3CC[C@]2(C1)O3. The Kier molecular flexibility index (Phi) is 3.99. The number of rotatable bonds is 4. The van der Waals surface area contributed by atoms with Gasteiger partial charge in [0.25, 0.3) is 11.8 Å². The van der Waals surface area contributed by atoms with Crippen LogP contribution in [0, 0.1) is 18.8 Å². The zero-order chi connectivity index (χ0) is 19.5. The Balaban J connectivity index is 1.30. The van der Waals surface area contributed by atoms with E-state index in [-0.39, 0.29) is 35.4 Å². The van der Waals surface area contributed by atoms with Crippen LogP contribution in [0.25, 0.3) is 0 Å². The van der Waals surface area contributed by atoms with Gasteiger partial charge in [0.15, 0.2) is 10.9 Å². The fraction of sp³-hybridized carbons (Fsp3) is 0.526. The molecule has 3 aliphatic heterocycles. The Morgan fingerprint density at radius 3 is 3.07 bits per heavy atom. The molecule has 8 nitrogen and oxygen atoms in total. The van der Waals surface area contributed by atoms with Crippen molar-refractivity contribution >= 4 is 28.3 Å². The van der Waals surface area contributed by atoms with Crippen LogP contribution in [0.3, 0.4) is 0 Å². The molecule has 28 heavy (non-hydrogen) atoms. The van der Waals surface area contributed by atoms with Gasteiger partial charge >= 0.3 is 0 Å². The Labute approximate surface area is 166 Å². The lowest BCUT2D eigenvalue weighted by Gasteiger charge is -2.29. The molecule has 148 valence electrons. The van der Waals surface area contributed by atoms with E-state index in [2.05, 4.69) is 10.3 Å². The third-order valence-corrected chi connectivity index (χ3v) is 7.30. The van der Waals surface area contributed by atoms with E-state index in [1.54, 1.807) is 12.1 Å². The predicted molar refractivity (Wildman–Crippen MR) is 102 cm³/mol. The normalized spacial score (nSPS) is 30.6. The Hall–Kier alpha value is -2.39. The molecule has 0 unspecified atom stereocenters. The van der Waals surface area contributed by atoms with Crippen molar-refractivity contribution in [3.8, 4) is 0 Å². The number of thiazole rings is 1. The van der Waals surface area contributed by atoms with Crippen LogP contribution in [-0.2, 0) is 4.74 Å². The second-order valence-corrected chi connectivity index (χ2v) is 8.90. The van der Waals surface area contributed by atoms with Crippen molar-refractivity contribution in [2.45, 2.75) is 31.5 Å². The van der Waals surface area contributed by atoms with E-state index in [4.69, 9.17) is 14.9 Å². The number of furan rings is 1. The summed E-state index contributed by atoms with van der Waals surface area (Å²) in [5.74, 6) is 0.473. The molecule has 4 atom stereocenters. The summed E-state index contributed by atoms with van der Waals surface area (Å²) < 4.78 is 11.5. The number of carbonyl (C=O) groups excluding carboxylic acids is 2. The minimum Gasteiger partial charge on any atom is -0.459 e. The average molecular weight is 402 g/mol. The second-order valence-electron chi connectivity index (χ2n) is 7.87. The smallest absolute Gasteiger partial charge is 0.286 e. The zero-order valence-electron chi connectivity index (χ0n) is 15.5. The predicted octanol–water partition coefficient (Wildman–Crippen LogP) is 1.68. The number of nitrogen functional groups attached to an aromatic ring is 1. The summed E-state index contributed by atoms with van der Waals surface area (Å²) in [7, 11) is 0. The number of nitrogens with zero attached hydrogens (tertiary/aromatic N) is 2. The maximum absolute atomic E-state index is 13.0. The van der Waals surface area contributed by atoms with Crippen LogP contribution >= 0.6 is 11.3 Å². The molecule has 2 aromatic rings. The van der Waals surface area contributed by atoms with Crippen molar-refractivity contribution in [3.63, 3.8) is 0 Å². The first kappa shape index (κ1) is 17.7. The molecule has 0 radical (unpaired) electrons. The number of fused-ring (bicyclic) bond motifs is 1. The highest BCUT2D eigenvalue weighted by atomic mass is 32.1. The van der Waals surface area contributed by atoms with Crippen molar-refractivity contribution in [1.29, 1.82) is 0 Å². The van der Waals surface area contributed by atoms with Gasteiger partial charge in [-0.05, 0) is 31.9 Å². The number of nitrogens with two attached hydrogens (primary N) is 1. The van der Waals surface area contributed by atoms with E-state index >= 15 is 0 Å². The molecule has 5 rings (SSSR count). The highest BCUT2D eigenvalue weighted by Crippen LogP contribution is 2.54. The van der Waals surface area contributed by atoms with Crippen LogP contribution in [0.15, 0.2) is 22.8 Å². The standard InChI is InChI=1S/C19H22N4O4S/c1-10-15(28-18(20)22-10)17(25)23-8-12-11(13-4-5-19(12,9-23)27-13)7-21-16(24)14-3-2-6-26-14/h2-3,6,11-13H,4-5,7-9H2,1H3,(H2,20,22)(H,21,24)/t11-,12+,13+,19+/m0/s1. The molecule has 2 amide bonds. The van der Waals surface area contributed by atoms with Crippen molar-refractivity contribution in [3.05, 3.63) is 34.7 Å². The molecule has 1 spiro atoms. The minimum absolute atomic E-state index is 0.0269. The van der Waals surface area contributed by atoms with Gasteiger partial charge in [-0.3, -0.25) is 9.59 Å². The summed E-state index contributed by atoms with van der Waals surface area (Å²) in [6.07, 6.45) is 3.55. The summed E-state index contributed by atoms with van der Waals surface area (Å²) in [5, 5.41) is 3.38. The van der Waals surface area contributed by atoms with Gasteiger partial charge in [0.05, 0.1) is 30.2 Å². The van der Waals surface area contributed by atoms with E-state index in [1.807, 2.05) is 11.8 Å². The van der Waals surface area contributed by atoms with Gasteiger partial charge in [0.1, 0.15) is 4.88 Å². The van der Waals surface area contributed by atoms with Crippen molar-refractivity contribution in [1.82, 2.24) is 15.2 Å². The molecular weight excluding hydrogens is 380 g/mol. The van der Waals surface area contributed by atoms with Gasteiger partial charge < -0.3 is 25.1 Å². The number of amides is 2. The van der Waals surface area contributed by atoms with Crippen LogP contribution in [0.4, 0.5) is 5.13 Å². The largest absolute Gasteiger partial charge is 0.459 e. The molecule has 0 aromatic carbocycles. The van der Waals surface area contributed by atoms with Crippen molar-refractivity contribution in [2.75, 3.05) is 25.4 Å². The number of anilines is 1. The second kappa shape index (κ2) is 6.31. The number of likely N-dealkylation sites (tertiary alicyclic amines) is 1. The number of carbonyl (C=O) groups is 2. The monoisotopic (exact) mass is 402 g/mol. The summed E-state index contributed by atoms with van der Waals surface area (Å²) in [6, 6.07) is 3.34. The van der Waals surface area contributed by atoms with Gasteiger partial charge in [-0.1, -0.05) is 11.3 Å². The fourth-order valence-corrected chi connectivity index (χ4v) is 5.88. The molecule has 0 aliphatic carbocycles. The molecule has 0 saturated carbocycles. The third-order valence-electron chi connectivity index (χ3n) is 6.32. The summed E-state index contributed by atoms with van der Waals surface area (Å²) in [5.41, 5.74) is 6.15. The highest BCUT2D eigenvalue weighted by Gasteiger charge is 2.63. The van der Waals surface area contributed by atoms with Crippen molar-refractivity contribution in [2.24, 2.45) is 11.8 Å². The van der Waals surface area contributed by atoms with Crippen LogP contribution in [0.5, 0.6) is 0 Å². The topological polar surface area (TPSA) is 111 Å². The first-order valence-corrected chi connectivity index (χ1v) is 10.3. The molecular formula is C19H22N4O4S. The van der Waals surface area contributed by atoms with E-state index in [0.717, 1.165) is 12.8 Å². The number of hydrogen-bond acceptors (Lipinski definition) is 7. The molecule has 9 heteroatoms. The van der Waals surface area contributed by atoms with Crippen LogP contribution < -0.4 is 11.1 Å². The first-order valence-electron chi connectivity index (χ1n) is 9.48. The van der Waals surface area contributed by atoms with E-state index in [0.29, 0.717) is 41.1 Å². The van der Waals surface area contributed by atoms with Crippen LogP contribution in [-0.4, -0.2) is 53.0 Å². The summed E-state index contributed by atoms with van der Waals surface area (Å²) in [6.45, 7) is 3.55. The van der Waals surface area contributed by atoms with Crippen LogP contribution in [0.2, 0.25) is 0 Å². The maximum Gasteiger partial charge on any atom is 0.286 e. The number of hydrogen-bond donors (Lipinski definition) is 2. The number of ether oxygens (including phenoxy) is 1. The Bertz CT molecular complexity index is 927. The molecule has 2 bridgehead atoms. The number of aromatic nitrogens is 1. The number of aryl methyl sites for hydroxylation is 1. The lowest BCUT2D eigenvalue weighted by Crippen LogP contribution is -2.41. The minimum atomic E-state index is -0.287.